The largest absolute Gasteiger partial charge is 0.448 e. The lowest BCUT2D eigenvalue weighted by molar-refractivity contribution is 0.147. The molecular weight excluding hydrogens is 154 g/mol. The average molecular weight is 169 g/mol. The highest BCUT2D eigenvalue weighted by molar-refractivity contribution is 5.69. The molecule has 68 valence electrons. The Kier molecular flexibility index (Phi) is 1.95. The lowest BCUT2D eigenvalue weighted by atomic mass is 10.1. The van der Waals surface area contributed by atoms with Crippen LogP contribution in [-0.4, -0.2) is 30.2 Å². The smallest absolute Gasteiger partial charge is 0.410 e. The summed E-state index contributed by atoms with van der Waals surface area (Å²) in [4.78, 5) is 13.0. The van der Waals surface area contributed by atoms with E-state index in [-0.39, 0.29) is 6.09 Å². The maximum absolute atomic E-state index is 11.1. The second-order valence-electron chi connectivity index (χ2n) is 3.84. The summed E-state index contributed by atoms with van der Waals surface area (Å²) < 4.78 is 4.88. The van der Waals surface area contributed by atoms with Crippen LogP contribution in [0.15, 0.2) is 0 Å². The average Bonchev–Trinajstić information content (AvgIpc) is 2.72. The van der Waals surface area contributed by atoms with Crippen molar-refractivity contribution in [2.24, 2.45) is 5.92 Å². The predicted molar refractivity (Wildman–Crippen MR) is 44.9 cm³/mol. The molecule has 1 amide bonds. The maximum Gasteiger partial charge on any atom is 0.410 e. The molecule has 0 bridgehead atoms. The monoisotopic (exact) mass is 169 g/mol. The van der Waals surface area contributed by atoms with E-state index in [2.05, 4.69) is 6.92 Å². The summed E-state index contributed by atoms with van der Waals surface area (Å²) in [7, 11) is 0. The SMILES string of the molecule is CC(CC1CC1)N1CCOC1=O. The molecule has 1 heterocycles. The van der Waals surface area contributed by atoms with Gasteiger partial charge in [-0.1, -0.05) is 12.8 Å². The molecule has 1 aliphatic heterocycles. The zero-order chi connectivity index (χ0) is 8.55. The van der Waals surface area contributed by atoms with Gasteiger partial charge in [-0.25, -0.2) is 4.79 Å². The number of carbonyl (C=O) groups is 1. The molecule has 0 aromatic carbocycles. The zero-order valence-corrected chi connectivity index (χ0v) is 7.45. The molecule has 1 atom stereocenters. The molecule has 0 N–H and O–H groups in total. The van der Waals surface area contributed by atoms with Crippen molar-refractivity contribution >= 4 is 6.09 Å². The van der Waals surface area contributed by atoms with Crippen molar-refractivity contribution in [2.45, 2.75) is 32.2 Å². The lowest BCUT2D eigenvalue weighted by Gasteiger charge is -2.21. The molecule has 0 spiro atoms. The van der Waals surface area contributed by atoms with Crippen molar-refractivity contribution in [3.63, 3.8) is 0 Å². The number of ether oxygens (including phenoxy) is 1. The molecule has 12 heavy (non-hydrogen) atoms. The van der Waals surface area contributed by atoms with Gasteiger partial charge in [-0.05, 0) is 19.3 Å². The Labute approximate surface area is 72.7 Å². The van der Waals surface area contributed by atoms with E-state index in [1.54, 1.807) is 0 Å². The first kappa shape index (κ1) is 7.90. The number of hydrogen-bond acceptors (Lipinski definition) is 2. The Hall–Kier alpha value is -0.730. The summed E-state index contributed by atoms with van der Waals surface area (Å²) in [5, 5.41) is 0. The normalized spacial score (nSPS) is 25.8. The van der Waals surface area contributed by atoms with Crippen molar-refractivity contribution in [1.82, 2.24) is 4.90 Å². The number of carbonyl (C=O) groups excluding carboxylic acids is 1. The summed E-state index contributed by atoms with van der Waals surface area (Å²) in [6.45, 7) is 3.48. The highest BCUT2D eigenvalue weighted by atomic mass is 16.6. The van der Waals surface area contributed by atoms with Crippen LogP contribution in [0.2, 0.25) is 0 Å². The van der Waals surface area contributed by atoms with Gasteiger partial charge in [0.15, 0.2) is 0 Å². The van der Waals surface area contributed by atoms with Gasteiger partial charge in [0.05, 0.1) is 6.54 Å². The third-order valence-electron chi connectivity index (χ3n) is 2.70. The van der Waals surface area contributed by atoms with Crippen LogP contribution in [0.5, 0.6) is 0 Å². The fourth-order valence-electron chi connectivity index (χ4n) is 1.77. The van der Waals surface area contributed by atoms with Crippen molar-refractivity contribution in [1.29, 1.82) is 0 Å². The number of rotatable bonds is 3. The Balaban J connectivity index is 1.84. The van der Waals surface area contributed by atoms with Crippen LogP contribution in [0.3, 0.4) is 0 Å². The Morgan fingerprint density at radius 1 is 1.67 bits per heavy atom. The van der Waals surface area contributed by atoms with Crippen molar-refractivity contribution in [2.75, 3.05) is 13.2 Å². The molecule has 0 aromatic rings. The van der Waals surface area contributed by atoms with Crippen LogP contribution in [0.25, 0.3) is 0 Å². The first-order valence-electron chi connectivity index (χ1n) is 4.71. The molecule has 1 saturated heterocycles. The van der Waals surface area contributed by atoms with E-state index >= 15 is 0 Å². The second-order valence-corrected chi connectivity index (χ2v) is 3.84. The molecule has 0 radical (unpaired) electrons. The first-order chi connectivity index (χ1) is 5.77. The molecule has 2 aliphatic rings. The van der Waals surface area contributed by atoms with E-state index in [0.717, 1.165) is 18.9 Å². The van der Waals surface area contributed by atoms with Gasteiger partial charge in [-0.15, -0.1) is 0 Å². The van der Waals surface area contributed by atoms with Crippen LogP contribution < -0.4 is 0 Å². The molecule has 1 saturated carbocycles. The third-order valence-corrected chi connectivity index (χ3v) is 2.70. The van der Waals surface area contributed by atoms with Gasteiger partial charge in [0, 0.05) is 6.04 Å². The minimum absolute atomic E-state index is 0.122. The van der Waals surface area contributed by atoms with E-state index in [1.165, 1.54) is 12.8 Å². The number of hydrogen-bond donors (Lipinski definition) is 0. The highest BCUT2D eigenvalue weighted by Gasteiger charge is 2.31. The van der Waals surface area contributed by atoms with Crippen LogP contribution in [0, 0.1) is 5.92 Å². The molecule has 1 unspecified atom stereocenters. The van der Waals surface area contributed by atoms with Gasteiger partial charge in [0.25, 0.3) is 0 Å². The Bertz CT molecular complexity index is 189. The van der Waals surface area contributed by atoms with Crippen molar-refractivity contribution in [3.05, 3.63) is 0 Å². The number of cyclic esters (lactones) is 1. The molecule has 1 aliphatic carbocycles. The van der Waals surface area contributed by atoms with Gasteiger partial charge in [-0.3, -0.25) is 0 Å². The van der Waals surface area contributed by atoms with E-state index in [0.29, 0.717) is 12.6 Å². The zero-order valence-electron chi connectivity index (χ0n) is 7.45. The topological polar surface area (TPSA) is 29.5 Å². The van der Waals surface area contributed by atoms with Crippen LogP contribution in [-0.2, 0) is 4.74 Å². The van der Waals surface area contributed by atoms with Gasteiger partial charge in [0.1, 0.15) is 6.61 Å². The Morgan fingerprint density at radius 3 is 2.92 bits per heavy atom. The summed E-state index contributed by atoms with van der Waals surface area (Å²) in [6.07, 6.45) is 3.75. The van der Waals surface area contributed by atoms with Crippen molar-refractivity contribution < 1.29 is 9.53 Å². The lowest BCUT2D eigenvalue weighted by Crippen LogP contribution is -2.34. The van der Waals surface area contributed by atoms with Crippen LogP contribution in [0.4, 0.5) is 4.79 Å². The van der Waals surface area contributed by atoms with E-state index < -0.39 is 0 Å². The fraction of sp³-hybridized carbons (Fsp3) is 0.889. The summed E-state index contributed by atoms with van der Waals surface area (Å²) in [5.41, 5.74) is 0. The Morgan fingerprint density at radius 2 is 2.42 bits per heavy atom. The van der Waals surface area contributed by atoms with E-state index in [1.807, 2.05) is 4.90 Å². The maximum atomic E-state index is 11.1. The van der Waals surface area contributed by atoms with Crippen LogP contribution >= 0.6 is 0 Å². The molecule has 3 nitrogen and oxygen atoms in total. The van der Waals surface area contributed by atoms with Crippen LogP contribution in [0.1, 0.15) is 26.2 Å². The van der Waals surface area contributed by atoms with Gasteiger partial charge >= 0.3 is 6.09 Å². The van der Waals surface area contributed by atoms with Gasteiger partial charge < -0.3 is 9.64 Å². The quantitative estimate of drug-likeness (QED) is 0.642. The molecule has 0 aromatic heterocycles. The van der Waals surface area contributed by atoms with Crippen molar-refractivity contribution in [3.8, 4) is 0 Å². The second kappa shape index (κ2) is 2.96. The molecule has 2 rings (SSSR count). The van der Waals surface area contributed by atoms with E-state index in [9.17, 15) is 4.79 Å². The summed E-state index contributed by atoms with van der Waals surface area (Å²) in [5.74, 6) is 0.883. The molecule has 2 fully saturated rings. The minimum atomic E-state index is -0.122. The standard InChI is InChI=1S/C9H15NO2/c1-7(6-8-2-3-8)10-4-5-12-9(10)11/h7-8H,2-6H2,1H3. The fourth-order valence-corrected chi connectivity index (χ4v) is 1.77. The molecular formula is C9H15NO2. The predicted octanol–water partition coefficient (Wildman–Crippen LogP) is 1.63. The van der Waals surface area contributed by atoms with Gasteiger partial charge in [0.2, 0.25) is 0 Å². The number of nitrogens with zero attached hydrogens (tertiary/aromatic N) is 1. The minimum Gasteiger partial charge on any atom is -0.448 e. The third kappa shape index (κ3) is 1.54. The van der Waals surface area contributed by atoms with E-state index in [4.69, 9.17) is 4.74 Å². The van der Waals surface area contributed by atoms with Gasteiger partial charge in [-0.2, -0.15) is 0 Å². The summed E-state index contributed by atoms with van der Waals surface area (Å²) in [6, 6.07) is 0.382. The summed E-state index contributed by atoms with van der Waals surface area (Å²) >= 11 is 0. The first-order valence-corrected chi connectivity index (χ1v) is 4.71. The molecule has 3 heteroatoms. The highest BCUT2D eigenvalue weighted by Crippen LogP contribution is 2.34. The number of amides is 1.